The third-order valence-electron chi connectivity index (χ3n) is 3.00. The molecule has 8 heteroatoms. The molecule has 0 aliphatic heterocycles. The van der Waals surface area contributed by atoms with Crippen LogP contribution in [-0.2, 0) is 0 Å². The summed E-state index contributed by atoms with van der Waals surface area (Å²) in [5, 5.41) is 0. The molecule has 0 saturated heterocycles. The van der Waals surface area contributed by atoms with E-state index in [0.29, 0.717) is 4.57 Å². The molecule has 0 amide bonds. The summed E-state index contributed by atoms with van der Waals surface area (Å²) in [6.45, 7) is 0. The fourth-order valence-electron chi connectivity index (χ4n) is 2.01. The van der Waals surface area contributed by atoms with Crippen molar-refractivity contribution in [1.29, 1.82) is 0 Å². The fraction of sp³-hybridized carbons (Fsp3) is 0. The standard InChI is InChI=1S/C15H7F3N2O3/c16-8-3-1-4-9(7-8)20-14(21)19-13(23-15(20)22)12-10(17)5-2-6-11(12)18/h1-7H. The molecule has 5 nitrogen and oxygen atoms in total. The van der Waals surface area contributed by atoms with E-state index in [4.69, 9.17) is 4.42 Å². The Morgan fingerprint density at radius 2 is 1.61 bits per heavy atom. The van der Waals surface area contributed by atoms with Crippen LogP contribution in [0.1, 0.15) is 0 Å². The van der Waals surface area contributed by atoms with Crippen molar-refractivity contribution in [1.82, 2.24) is 9.55 Å². The van der Waals surface area contributed by atoms with Gasteiger partial charge in [-0.2, -0.15) is 9.55 Å². The second-order valence-corrected chi connectivity index (χ2v) is 4.48. The molecule has 0 unspecified atom stereocenters. The van der Waals surface area contributed by atoms with E-state index in [0.717, 1.165) is 30.3 Å². The van der Waals surface area contributed by atoms with Gasteiger partial charge in [-0.05, 0) is 30.3 Å². The Balaban J connectivity index is 2.23. The molecule has 0 N–H and O–H groups in total. The summed E-state index contributed by atoms with van der Waals surface area (Å²) in [7, 11) is 0. The van der Waals surface area contributed by atoms with Gasteiger partial charge < -0.3 is 4.42 Å². The van der Waals surface area contributed by atoms with Gasteiger partial charge in [0.25, 0.3) is 0 Å². The van der Waals surface area contributed by atoms with Gasteiger partial charge in [0, 0.05) is 0 Å². The van der Waals surface area contributed by atoms with Gasteiger partial charge in [-0.1, -0.05) is 12.1 Å². The molecule has 23 heavy (non-hydrogen) atoms. The molecule has 3 aromatic rings. The molecule has 0 atom stereocenters. The summed E-state index contributed by atoms with van der Waals surface area (Å²) in [6.07, 6.45) is 0. The second-order valence-electron chi connectivity index (χ2n) is 4.48. The van der Waals surface area contributed by atoms with E-state index in [1.165, 1.54) is 12.1 Å². The highest BCUT2D eigenvalue weighted by atomic mass is 19.1. The summed E-state index contributed by atoms with van der Waals surface area (Å²) < 4.78 is 45.7. The average molecular weight is 320 g/mol. The van der Waals surface area contributed by atoms with E-state index in [2.05, 4.69) is 4.98 Å². The molecule has 0 radical (unpaired) electrons. The Hall–Kier alpha value is -3.16. The first-order valence-corrected chi connectivity index (χ1v) is 6.32. The molecular weight excluding hydrogens is 313 g/mol. The van der Waals surface area contributed by atoms with Crippen LogP contribution in [0, 0.1) is 17.5 Å². The number of aromatic nitrogens is 2. The minimum Gasteiger partial charge on any atom is -0.389 e. The topological polar surface area (TPSA) is 65.1 Å². The van der Waals surface area contributed by atoms with Crippen molar-refractivity contribution in [2.45, 2.75) is 0 Å². The number of nitrogens with zero attached hydrogens (tertiary/aromatic N) is 2. The van der Waals surface area contributed by atoms with Crippen LogP contribution in [0.25, 0.3) is 17.1 Å². The van der Waals surface area contributed by atoms with Crippen LogP contribution >= 0.6 is 0 Å². The molecule has 116 valence electrons. The quantitative estimate of drug-likeness (QED) is 0.726. The van der Waals surface area contributed by atoms with Gasteiger partial charge >= 0.3 is 11.4 Å². The summed E-state index contributed by atoms with van der Waals surface area (Å²) in [4.78, 5) is 27.3. The molecule has 2 aromatic carbocycles. The van der Waals surface area contributed by atoms with Crippen molar-refractivity contribution >= 4 is 0 Å². The molecule has 0 spiro atoms. The maximum atomic E-state index is 13.7. The van der Waals surface area contributed by atoms with Crippen molar-refractivity contribution in [2.24, 2.45) is 0 Å². The first-order valence-electron chi connectivity index (χ1n) is 6.32. The zero-order chi connectivity index (χ0) is 16.6. The van der Waals surface area contributed by atoms with Crippen molar-refractivity contribution in [2.75, 3.05) is 0 Å². The lowest BCUT2D eigenvalue weighted by atomic mass is 10.2. The average Bonchev–Trinajstić information content (AvgIpc) is 2.46. The fourth-order valence-corrected chi connectivity index (χ4v) is 2.01. The summed E-state index contributed by atoms with van der Waals surface area (Å²) >= 11 is 0. The van der Waals surface area contributed by atoms with Crippen LogP contribution in [0.2, 0.25) is 0 Å². The monoisotopic (exact) mass is 320 g/mol. The number of hydrogen-bond donors (Lipinski definition) is 0. The number of halogens is 3. The van der Waals surface area contributed by atoms with E-state index in [1.54, 1.807) is 0 Å². The predicted octanol–water partition coefficient (Wildman–Crippen LogP) is 2.27. The van der Waals surface area contributed by atoms with Gasteiger partial charge in [0.15, 0.2) is 0 Å². The Morgan fingerprint density at radius 3 is 2.22 bits per heavy atom. The lowest BCUT2D eigenvalue weighted by Gasteiger charge is -2.05. The van der Waals surface area contributed by atoms with Gasteiger partial charge in [0.05, 0.1) is 5.69 Å². The summed E-state index contributed by atoms with van der Waals surface area (Å²) in [5.74, 6) is -4.79. The Bertz CT molecular complexity index is 960. The van der Waals surface area contributed by atoms with E-state index >= 15 is 0 Å². The zero-order valence-corrected chi connectivity index (χ0v) is 11.3. The van der Waals surface area contributed by atoms with Crippen LogP contribution < -0.4 is 11.4 Å². The van der Waals surface area contributed by atoms with Crippen LogP contribution in [0.5, 0.6) is 0 Å². The maximum absolute atomic E-state index is 13.7. The molecule has 0 aliphatic carbocycles. The maximum Gasteiger partial charge on any atom is 0.429 e. The molecule has 3 rings (SSSR count). The SMILES string of the molecule is O=c1nc(-c2c(F)cccc2F)oc(=O)n1-c1cccc(F)c1. The van der Waals surface area contributed by atoms with Gasteiger partial charge in [-0.25, -0.2) is 22.8 Å². The van der Waals surface area contributed by atoms with E-state index in [1.807, 2.05) is 0 Å². The van der Waals surface area contributed by atoms with Crippen molar-refractivity contribution in [3.63, 3.8) is 0 Å². The summed E-state index contributed by atoms with van der Waals surface area (Å²) in [6, 6.07) is 7.57. The van der Waals surface area contributed by atoms with Crippen molar-refractivity contribution in [3.8, 4) is 17.1 Å². The lowest BCUT2D eigenvalue weighted by Crippen LogP contribution is -2.33. The number of benzene rings is 2. The van der Waals surface area contributed by atoms with E-state index in [-0.39, 0.29) is 5.69 Å². The molecule has 0 saturated carbocycles. The van der Waals surface area contributed by atoms with Crippen LogP contribution in [0.4, 0.5) is 13.2 Å². The van der Waals surface area contributed by atoms with Crippen molar-refractivity contribution in [3.05, 3.63) is 81.0 Å². The first-order chi connectivity index (χ1) is 11.0. The Kier molecular flexibility index (Phi) is 3.57. The third-order valence-corrected chi connectivity index (χ3v) is 3.00. The Labute approximate surface area is 126 Å². The highest BCUT2D eigenvalue weighted by molar-refractivity contribution is 5.54. The highest BCUT2D eigenvalue weighted by Crippen LogP contribution is 2.22. The summed E-state index contributed by atoms with van der Waals surface area (Å²) in [5.41, 5.74) is -1.99. The second kappa shape index (κ2) is 5.56. The largest absolute Gasteiger partial charge is 0.429 e. The van der Waals surface area contributed by atoms with Crippen LogP contribution in [0.15, 0.2) is 56.5 Å². The van der Waals surface area contributed by atoms with Crippen molar-refractivity contribution < 1.29 is 17.6 Å². The number of hydrogen-bond acceptors (Lipinski definition) is 4. The normalized spacial score (nSPS) is 10.7. The highest BCUT2D eigenvalue weighted by Gasteiger charge is 2.18. The molecular formula is C15H7F3N2O3. The van der Waals surface area contributed by atoms with Gasteiger partial charge in [-0.15, -0.1) is 0 Å². The van der Waals surface area contributed by atoms with Gasteiger partial charge in [0.1, 0.15) is 23.0 Å². The molecule has 0 aliphatic rings. The minimum absolute atomic E-state index is 0.114. The molecule has 1 heterocycles. The van der Waals surface area contributed by atoms with Crippen LogP contribution in [0.3, 0.4) is 0 Å². The van der Waals surface area contributed by atoms with Gasteiger partial charge in [-0.3, -0.25) is 0 Å². The predicted molar refractivity (Wildman–Crippen MR) is 73.7 cm³/mol. The zero-order valence-electron chi connectivity index (χ0n) is 11.3. The molecule has 0 fully saturated rings. The first kappa shape index (κ1) is 14.8. The van der Waals surface area contributed by atoms with Gasteiger partial charge in [0.2, 0.25) is 5.89 Å². The number of rotatable bonds is 2. The smallest absolute Gasteiger partial charge is 0.389 e. The Morgan fingerprint density at radius 1 is 0.957 bits per heavy atom. The van der Waals surface area contributed by atoms with Crippen LogP contribution in [-0.4, -0.2) is 9.55 Å². The minimum atomic E-state index is -1.24. The van der Waals surface area contributed by atoms with E-state index < -0.39 is 40.4 Å². The molecule has 0 bridgehead atoms. The lowest BCUT2D eigenvalue weighted by molar-refractivity contribution is 0.440. The molecule has 1 aromatic heterocycles. The third kappa shape index (κ3) is 2.66. The van der Waals surface area contributed by atoms with E-state index in [9.17, 15) is 22.8 Å².